The lowest BCUT2D eigenvalue weighted by molar-refractivity contribution is 0.0902. The van der Waals surface area contributed by atoms with Crippen LogP contribution in [0, 0.1) is 0 Å². The molecule has 0 aliphatic carbocycles. The number of halogens is 1. The van der Waals surface area contributed by atoms with E-state index in [1.807, 2.05) is 18.2 Å². The summed E-state index contributed by atoms with van der Waals surface area (Å²) in [4.78, 5) is 0. The van der Waals surface area contributed by atoms with E-state index in [1.54, 1.807) is 0 Å². The van der Waals surface area contributed by atoms with E-state index >= 15 is 0 Å². The molecule has 1 atom stereocenters. The molecule has 1 N–H and O–H groups in total. The lowest BCUT2D eigenvalue weighted by Crippen LogP contribution is -2.16. The molecule has 0 amide bonds. The lowest BCUT2D eigenvalue weighted by atomic mass is 10.2. The van der Waals surface area contributed by atoms with Crippen molar-refractivity contribution in [3.05, 3.63) is 28.8 Å². The van der Waals surface area contributed by atoms with Crippen LogP contribution in [0.5, 0.6) is 5.75 Å². The second-order valence-corrected chi connectivity index (χ2v) is 5.57. The van der Waals surface area contributed by atoms with E-state index in [1.165, 1.54) is 6.42 Å². The van der Waals surface area contributed by atoms with Crippen LogP contribution in [-0.4, -0.2) is 25.9 Å². The zero-order valence-corrected chi connectivity index (χ0v) is 12.9. The summed E-state index contributed by atoms with van der Waals surface area (Å²) < 4.78 is 11.5. The summed E-state index contributed by atoms with van der Waals surface area (Å²) in [6, 6.07) is 5.84. The second kappa shape index (κ2) is 8.50. The van der Waals surface area contributed by atoms with E-state index in [2.05, 4.69) is 12.2 Å². The van der Waals surface area contributed by atoms with Gasteiger partial charge in [-0.1, -0.05) is 24.6 Å². The first kappa shape index (κ1) is 15.6. The zero-order valence-electron chi connectivity index (χ0n) is 12.2. The van der Waals surface area contributed by atoms with Crippen molar-refractivity contribution in [3.8, 4) is 5.75 Å². The zero-order chi connectivity index (χ0) is 14.2. The van der Waals surface area contributed by atoms with Crippen LogP contribution >= 0.6 is 11.6 Å². The maximum atomic E-state index is 6.27. The third-order valence-corrected chi connectivity index (χ3v) is 3.88. The van der Waals surface area contributed by atoms with Crippen molar-refractivity contribution in [2.45, 2.75) is 45.3 Å². The summed E-state index contributed by atoms with van der Waals surface area (Å²) in [6.07, 6.45) is 4.77. The fourth-order valence-corrected chi connectivity index (χ4v) is 2.64. The molecule has 0 spiro atoms. The Morgan fingerprint density at radius 3 is 3.10 bits per heavy atom. The molecule has 20 heavy (non-hydrogen) atoms. The Kier molecular flexibility index (Phi) is 6.64. The summed E-state index contributed by atoms with van der Waals surface area (Å²) in [7, 11) is 0. The van der Waals surface area contributed by atoms with Crippen molar-refractivity contribution >= 4 is 11.6 Å². The summed E-state index contributed by atoms with van der Waals surface area (Å²) in [5.41, 5.74) is 1.05. The van der Waals surface area contributed by atoms with Crippen molar-refractivity contribution < 1.29 is 9.47 Å². The van der Waals surface area contributed by atoms with Gasteiger partial charge in [0.1, 0.15) is 5.75 Å². The summed E-state index contributed by atoms with van der Waals surface area (Å²) in [6.45, 7) is 5.47. The van der Waals surface area contributed by atoms with Gasteiger partial charge in [0.05, 0.1) is 12.7 Å². The predicted octanol–water partition coefficient (Wildman–Crippen LogP) is 3.79. The SMILES string of the molecule is CCCNCc1c(Cl)cccc1OCCC1CCCO1. The minimum Gasteiger partial charge on any atom is -0.493 e. The Bertz CT molecular complexity index is 405. The van der Waals surface area contributed by atoms with Gasteiger partial charge in [-0.25, -0.2) is 0 Å². The van der Waals surface area contributed by atoms with Crippen LogP contribution in [0.2, 0.25) is 5.02 Å². The third kappa shape index (κ3) is 4.65. The van der Waals surface area contributed by atoms with E-state index in [-0.39, 0.29) is 0 Å². The topological polar surface area (TPSA) is 30.5 Å². The quantitative estimate of drug-likeness (QED) is 0.741. The molecule has 0 radical (unpaired) electrons. The van der Waals surface area contributed by atoms with Gasteiger partial charge in [0.2, 0.25) is 0 Å². The highest BCUT2D eigenvalue weighted by atomic mass is 35.5. The normalized spacial score (nSPS) is 18.4. The van der Waals surface area contributed by atoms with Gasteiger partial charge in [-0.2, -0.15) is 0 Å². The van der Waals surface area contributed by atoms with E-state index in [4.69, 9.17) is 21.1 Å². The predicted molar refractivity (Wildman–Crippen MR) is 82.5 cm³/mol. The Balaban J connectivity index is 1.86. The molecule has 0 saturated carbocycles. The van der Waals surface area contributed by atoms with E-state index in [0.717, 1.165) is 55.3 Å². The Morgan fingerprint density at radius 1 is 1.45 bits per heavy atom. The van der Waals surface area contributed by atoms with Crippen LogP contribution in [0.25, 0.3) is 0 Å². The molecule has 0 aromatic heterocycles. The molecule has 1 aliphatic rings. The molecule has 112 valence electrons. The molecule has 2 rings (SSSR count). The van der Waals surface area contributed by atoms with Gasteiger partial charge < -0.3 is 14.8 Å². The highest BCUT2D eigenvalue weighted by molar-refractivity contribution is 6.31. The maximum Gasteiger partial charge on any atom is 0.125 e. The molecular formula is C16H24ClNO2. The van der Waals surface area contributed by atoms with Crippen LogP contribution in [0.4, 0.5) is 0 Å². The van der Waals surface area contributed by atoms with Gasteiger partial charge >= 0.3 is 0 Å². The van der Waals surface area contributed by atoms with Crippen molar-refractivity contribution in [2.75, 3.05) is 19.8 Å². The second-order valence-electron chi connectivity index (χ2n) is 5.17. The first-order valence-corrected chi connectivity index (χ1v) is 7.91. The molecular weight excluding hydrogens is 274 g/mol. The van der Waals surface area contributed by atoms with Crippen molar-refractivity contribution in [1.82, 2.24) is 5.32 Å². The summed E-state index contributed by atoms with van der Waals surface area (Å²) in [5, 5.41) is 4.14. The van der Waals surface area contributed by atoms with Crippen molar-refractivity contribution in [3.63, 3.8) is 0 Å². The Morgan fingerprint density at radius 2 is 2.35 bits per heavy atom. The maximum absolute atomic E-state index is 6.27. The molecule has 1 heterocycles. The fourth-order valence-electron chi connectivity index (χ4n) is 2.41. The molecule has 0 bridgehead atoms. The highest BCUT2D eigenvalue weighted by Gasteiger charge is 2.15. The average Bonchev–Trinajstić information content (AvgIpc) is 2.95. The Labute approximate surface area is 126 Å². The van der Waals surface area contributed by atoms with E-state index in [9.17, 15) is 0 Å². The smallest absolute Gasteiger partial charge is 0.125 e. The van der Waals surface area contributed by atoms with Gasteiger partial charge in [-0.3, -0.25) is 0 Å². The number of ether oxygens (including phenoxy) is 2. The number of benzene rings is 1. The number of nitrogens with one attached hydrogen (secondary N) is 1. The van der Waals surface area contributed by atoms with Gasteiger partial charge in [0.25, 0.3) is 0 Å². The summed E-state index contributed by atoms with van der Waals surface area (Å²) in [5.74, 6) is 0.888. The number of rotatable bonds is 8. The summed E-state index contributed by atoms with van der Waals surface area (Å²) >= 11 is 6.27. The number of hydrogen-bond acceptors (Lipinski definition) is 3. The van der Waals surface area contributed by atoms with Crippen LogP contribution in [0.3, 0.4) is 0 Å². The molecule has 1 unspecified atom stereocenters. The van der Waals surface area contributed by atoms with Crippen LogP contribution in [-0.2, 0) is 11.3 Å². The molecule has 1 aromatic carbocycles. The standard InChI is InChI=1S/C16H24ClNO2/c1-2-9-18-12-14-15(17)6-3-7-16(14)20-11-8-13-5-4-10-19-13/h3,6-7,13,18H,2,4-5,8-12H2,1H3. The Hall–Kier alpha value is -0.770. The van der Waals surface area contributed by atoms with Gasteiger partial charge in [0, 0.05) is 30.2 Å². The monoisotopic (exact) mass is 297 g/mol. The van der Waals surface area contributed by atoms with Crippen molar-refractivity contribution in [1.29, 1.82) is 0 Å². The molecule has 1 fully saturated rings. The molecule has 3 nitrogen and oxygen atoms in total. The van der Waals surface area contributed by atoms with Crippen LogP contribution in [0.15, 0.2) is 18.2 Å². The van der Waals surface area contributed by atoms with Gasteiger partial charge in [-0.05, 0) is 37.9 Å². The van der Waals surface area contributed by atoms with E-state index < -0.39 is 0 Å². The largest absolute Gasteiger partial charge is 0.493 e. The molecule has 4 heteroatoms. The fraction of sp³-hybridized carbons (Fsp3) is 0.625. The molecule has 1 saturated heterocycles. The minimum atomic E-state index is 0.371. The molecule has 1 aromatic rings. The van der Waals surface area contributed by atoms with Crippen LogP contribution < -0.4 is 10.1 Å². The lowest BCUT2D eigenvalue weighted by Gasteiger charge is -2.15. The van der Waals surface area contributed by atoms with Crippen LogP contribution in [0.1, 0.15) is 38.2 Å². The third-order valence-electron chi connectivity index (χ3n) is 3.53. The molecule has 1 aliphatic heterocycles. The average molecular weight is 298 g/mol. The van der Waals surface area contributed by atoms with E-state index in [0.29, 0.717) is 12.7 Å². The first-order valence-electron chi connectivity index (χ1n) is 7.53. The minimum absolute atomic E-state index is 0.371. The van der Waals surface area contributed by atoms with Crippen molar-refractivity contribution in [2.24, 2.45) is 0 Å². The highest BCUT2D eigenvalue weighted by Crippen LogP contribution is 2.27. The van der Waals surface area contributed by atoms with Gasteiger partial charge in [0.15, 0.2) is 0 Å². The van der Waals surface area contributed by atoms with Gasteiger partial charge in [-0.15, -0.1) is 0 Å². The number of hydrogen-bond donors (Lipinski definition) is 1. The first-order chi connectivity index (χ1) is 9.81.